The summed E-state index contributed by atoms with van der Waals surface area (Å²) in [6.07, 6.45) is 1.46. The zero-order valence-electron chi connectivity index (χ0n) is 12.2. The smallest absolute Gasteiger partial charge is 0.150 e. The molecule has 2 aromatic rings. The molecule has 2 rings (SSSR count). The summed E-state index contributed by atoms with van der Waals surface area (Å²) in [4.78, 5) is 10.8. The van der Waals surface area contributed by atoms with Gasteiger partial charge in [-0.1, -0.05) is 51.1 Å². The lowest BCUT2D eigenvalue weighted by molar-refractivity contribution is 0.112. The van der Waals surface area contributed by atoms with E-state index in [2.05, 4.69) is 20.8 Å². The van der Waals surface area contributed by atoms with E-state index in [1.807, 2.05) is 30.3 Å². The summed E-state index contributed by atoms with van der Waals surface area (Å²) in [6, 6.07) is 13.2. The Bertz CT molecular complexity index is 622. The quantitative estimate of drug-likeness (QED) is 0.851. The molecule has 0 aliphatic carbocycles. The molecule has 0 radical (unpaired) electrons. The minimum atomic E-state index is 0.0487. The summed E-state index contributed by atoms with van der Waals surface area (Å²) in [7, 11) is 0. The van der Waals surface area contributed by atoms with Gasteiger partial charge in [0.05, 0.1) is 0 Å². The van der Waals surface area contributed by atoms with Crippen molar-refractivity contribution in [2.24, 2.45) is 0 Å². The van der Waals surface area contributed by atoms with Crippen LogP contribution >= 0.6 is 0 Å². The number of carbonyl (C=O) groups is 1. The number of phenols is 1. The van der Waals surface area contributed by atoms with Crippen LogP contribution in [0.25, 0.3) is 0 Å². The number of phenolic OH excluding ortho intramolecular Hbond substituents is 1. The maximum Gasteiger partial charge on any atom is 0.150 e. The van der Waals surface area contributed by atoms with E-state index in [4.69, 9.17) is 0 Å². The number of hydrogen-bond donors (Lipinski definition) is 1. The topological polar surface area (TPSA) is 37.3 Å². The largest absolute Gasteiger partial charge is 0.508 e. The number of benzene rings is 2. The third-order valence-electron chi connectivity index (χ3n) is 3.43. The van der Waals surface area contributed by atoms with Crippen molar-refractivity contribution in [2.75, 3.05) is 0 Å². The highest BCUT2D eigenvalue weighted by Gasteiger charge is 2.15. The molecule has 0 aliphatic heterocycles. The predicted octanol–water partition coefficient (Wildman–Crippen LogP) is 4.09. The highest BCUT2D eigenvalue weighted by molar-refractivity contribution is 5.75. The zero-order chi connectivity index (χ0) is 14.8. The molecule has 0 heterocycles. The van der Waals surface area contributed by atoms with Crippen molar-refractivity contribution < 1.29 is 9.90 Å². The third kappa shape index (κ3) is 3.27. The SMILES string of the molecule is CC(C)(C)c1ccc(O)c(Cc2cccc(C=O)c2)c1. The molecule has 0 aliphatic rings. The highest BCUT2D eigenvalue weighted by atomic mass is 16.3. The van der Waals surface area contributed by atoms with Crippen LogP contribution in [0.15, 0.2) is 42.5 Å². The monoisotopic (exact) mass is 268 g/mol. The van der Waals surface area contributed by atoms with Crippen LogP contribution in [-0.4, -0.2) is 11.4 Å². The fourth-order valence-corrected chi connectivity index (χ4v) is 2.19. The molecule has 0 amide bonds. The van der Waals surface area contributed by atoms with Crippen molar-refractivity contribution in [2.45, 2.75) is 32.6 Å². The van der Waals surface area contributed by atoms with Gasteiger partial charge in [0.15, 0.2) is 0 Å². The van der Waals surface area contributed by atoms with Gasteiger partial charge in [0.25, 0.3) is 0 Å². The Kier molecular flexibility index (Phi) is 3.93. The van der Waals surface area contributed by atoms with Gasteiger partial charge in [0, 0.05) is 12.0 Å². The van der Waals surface area contributed by atoms with Crippen LogP contribution in [0.4, 0.5) is 0 Å². The van der Waals surface area contributed by atoms with Gasteiger partial charge in [0.1, 0.15) is 12.0 Å². The molecule has 0 unspecified atom stereocenters. The third-order valence-corrected chi connectivity index (χ3v) is 3.43. The maximum absolute atomic E-state index is 10.8. The number of aldehydes is 1. The van der Waals surface area contributed by atoms with Crippen LogP contribution in [-0.2, 0) is 11.8 Å². The van der Waals surface area contributed by atoms with E-state index in [1.165, 1.54) is 5.56 Å². The second-order valence-corrected chi connectivity index (χ2v) is 6.13. The number of rotatable bonds is 3. The van der Waals surface area contributed by atoms with Crippen molar-refractivity contribution in [3.63, 3.8) is 0 Å². The van der Waals surface area contributed by atoms with Gasteiger partial charge in [-0.25, -0.2) is 0 Å². The van der Waals surface area contributed by atoms with Crippen LogP contribution in [0.5, 0.6) is 5.75 Å². The Hall–Kier alpha value is -2.09. The van der Waals surface area contributed by atoms with Gasteiger partial charge in [0.2, 0.25) is 0 Å². The van der Waals surface area contributed by atoms with Crippen molar-refractivity contribution >= 4 is 6.29 Å². The molecule has 0 fully saturated rings. The molecule has 0 saturated carbocycles. The van der Waals surface area contributed by atoms with E-state index in [-0.39, 0.29) is 5.41 Å². The average Bonchev–Trinajstić information content (AvgIpc) is 2.40. The highest BCUT2D eigenvalue weighted by Crippen LogP contribution is 2.28. The second-order valence-electron chi connectivity index (χ2n) is 6.13. The molecule has 1 N–H and O–H groups in total. The molecule has 20 heavy (non-hydrogen) atoms. The van der Waals surface area contributed by atoms with Crippen molar-refractivity contribution in [1.29, 1.82) is 0 Å². The standard InChI is InChI=1S/C18H20O2/c1-18(2,3)16-7-8-17(20)15(11-16)10-13-5-4-6-14(9-13)12-19/h4-9,11-12,20H,10H2,1-3H3. The summed E-state index contributed by atoms with van der Waals surface area (Å²) >= 11 is 0. The summed E-state index contributed by atoms with van der Waals surface area (Å²) < 4.78 is 0. The van der Waals surface area contributed by atoms with E-state index in [0.29, 0.717) is 17.7 Å². The van der Waals surface area contributed by atoms with Crippen molar-refractivity contribution in [3.8, 4) is 5.75 Å². The molecule has 2 heteroatoms. The van der Waals surface area contributed by atoms with E-state index in [1.54, 1.807) is 12.1 Å². The van der Waals surface area contributed by atoms with Crippen molar-refractivity contribution in [1.82, 2.24) is 0 Å². The van der Waals surface area contributed by atoms with Gasteiger partial charge >= 0.3 is 0 Å². The first kappa shape index (κ1) is 14.3. The van der Waals surface area contributed by atoms with Gasteiger partial charge < -0.3 is 5.11 Å². The first-order valence-corrected chi connectivity index (χ1v) is 6.76. The zero-order valence-corrected chi connectivity index (χ0v) is 12.2. The van der Waals surface area contributed by atoms with Gasteiger partial charge in [-0.15, -0.1) is 0 Å². The maximum atomic E-state index is 10.8. The average molecular weight is 268 g/mol. The van der Waals surface area contributed by atoms with Gasteiger partial charge in [-0.2, -0.15) is 0 Å². The normalized spacial score (nSPS) is 11.3. The molecule has 0 saturated heterocycles. The van der Waals surface area contributed by atoms with Crippen LogP contribution in [0.3, 0.4) is 0 Å². The minimum absolute atomic E-state index is 0.0487. The van der Waals surface area contributed by atoms with E-state index < -0.39 is 0 Å². The fourth-order valence-electron chi connectivity index (χ4n) is 2.19. The summed E-state index contributed by atoms with van der Waals surface area (Å²) in [5, 5.41) is 10.0. The predicted molar refractivity (Wildman–Crippen MR) is 81.4 cm³/mol. The Labute approximate surface area is 120 Å². The van der Waals surface area contributed by atoms with E-state index in [0.717, 1.165) is 17.4 Å². The minimum Gasteiger partial charge on any atom is -0.508 e. The Morgan fingerprint density at radius 1 is 1.10 bits per heavy atom. The Morgan fingerprint density at radius 2 is 1.85 bits per heavy atom. The lowest BCUT2D eigenvalue weighted by Gasteiger charge is -2.20. The summed E-state index contributed by atoms with van der Waals surface area (Å²) in [5.74, 6) is 0.300. The molecular weight excluding hydrogens is 248 g/mol. The van der Waals surface area contributed by atoms with Crippen LogP contribution < -0.4 is 0 Å². The van der Waals surface area contributed by atoms with Crippen molar-refractivity contribution in [3.05, 3.63) is 64.7 Å². The molecule has 0 aromatic heterocycles. The lowest BCUT2D eigenvalue weighted by Crippen LogP contribution is -2.11. The first-order chi connectivity index (χ1) is 9.40. The molecule has 0 atom stereocenters. The molecule has 0 spiro atoms. The number of aromatic hydroxyl groups is 1. The molecule has 0 bridgehead atoms. The van der Waals surface area contributed by atoms with E-state index in [9.17, 15) is 9.90 Å². The summed E-state index contributed by atoms with van der Waals surface area (Å²) in [6.45, 7) is 6.45. The Morgan fingerprint density at radius 3 is 2.50 bits per heavy atom. The fraction of sp³-hybridized carbons (Fsp3) is 0.278. The van der Waals surface area contributed by atoms with E-state index >= 15 is 0 Å². The van der Waals surface area contributed by atoms with Gasteiger partial charge in [-0.3, -0.25) is 4.79 Å². The first-order valence-electron chi connectivity index (χ1n) is 6.76. The lowest BCUT2D eigenvalue weighted by atomic mass is 9.85. The van der Waals surface area contributed by atoms with Crippen LogP contribution in [0.1, 0.15) is 47.8 Å². The number of hydrogen-bond acceptors (Lipinski definition) is 2. The van der Waals surface area contributed by atoms with Gasteiger partial charge in [-0.05, 0) is 34.2 Å². The molecule has 2 nitrogen and oxygen atoms in total. The van der Waals surface area contributed by atoms with Crippen LogP contribution in [0.2, 0.25) is 0 Å². The molecule has 2 aromatic carbocycles. The summed E-state index contributed by atoms with van der Waals surface area (Å²) in [5.41, 5.74) is 3.81. The van der Waals surface area contributed by atoms with Crippen LogP contribution in [0, 0.1) is 0 Å². The second kappa shape index (κ2) is 5.49. The molecule has 104 valence electrons. The number of carbonyl (C=O) groups excluding carboxylic acids is 1. The Balaban J connectivity index is 2.35. The molecular formula is C18H20O2.